The van der Waals surface area contributed by atoms with Gasteiger partial charge in [-0.05, 0) is 55.5 Å². The van der Waals surface area contributed by atoms with Crippen molar-refractivity contribution in [2.75, 3.05) is 23.3 Å². The Balaban J connectivity index is 1.25. The lowest BCUT2D eigenvalue weighted by Gasteiger charge is -2.31. The fraction of sp³-hybridized carbons (Fsp3) is 0.429. The lowest BCUT2D eigenvalue weighted by Crippen LogP contribution is -2.40. The van der Waals surface area contributed by atoms with E-state index in [9.17, 15) is 9.59 Å². The number of benzene rings is 1. The van der Waals surface area contributed by atoms with Crippen molar-refractivity contribution >= 4 is 34.9 Å². The van der Waals surface area contributed by atoms with E-state index in [1.54, 1.807) is 6.07 Å². The Bertz CT molecular complexity index is 877. The van der Waals surface area contributed by atoms with Crippen molar-refractivity contribution in [3.05, 3.63) is 47.1 Å². The van der Waals surface area contributed by atoms with Gasteiger partial charge in [-0.25, -0.2) is 0 Å². The van der Waals surface area contributed by atoms with Gasteiger partial charge in [0.2, 0.25) is 11.8 Å². The summed E-state index contributed by atoms with van der Waals surface area (Å²) in [6, 6.07) is 11.2. The molecule has 152 valence electrons. The Hall–Kier alpha value is -2.67. The summed E-state index contributed by atoms with van der Waals surface area (Å²) in [5, 5.41) is 14.3. The summed E-state index contributed by atoms with van der Waals surface area (Å²) in [7, 11) is 0. The number of aromatic nitrogens is 2. The molecule has 0 unspecified atom stereocenters. The zero-order chi connectivity index (χ0) is 20.2. The largest absolute Gasteiger partial charge is 0.355 e. The number of rotatable bonds is 6. The fourth-order valence-corrected chi connectivity index (χ4v) is 3.63. The molecule has 0 bridgehead atoms. The number of carbonyl (C=O) groups excluding carboxylic acids is 2. The van der Waals surface area contributed by atoms with Crippen LogP contribution in [0.15, 0.2) is 36.4 Å². The third kappa shape index (κ3) is 5.23. The number of piperidine rings is 1. The average molecular weight is 414 g/mol. The van der Waals surface area contributed by atoms with E-state index in [0.29, 0.717) is 11.7 Å². The molecule has 2 fully saturated rings. The Morgan fingerprint density at radius 3 is 2.45 bits per heavy atom. The fourth-order valence-electron chi connectivity index (χ4n) is 3.53. The van der Waals surface area contributed by atoms with Gasteiger partial charge in [0.1, 0.15) is 0 Å². The second-order valence-electron chi connectivity index (χ2n) is 7.66. The van der Waals surface area contributed by atoms with Crippen LogP contribution in [0, 0.1) is 11.8 Å². The number of hydrogen-bond acceptors (Lipinski definition) is 5. The van der Waals surface area contributed by atoms with Gasteiger partial charge in [-0.1, -0.05) is 23.7 Å². The van der Waals surface area contributed by atoms with Crippen LogP contribution in [0.4, 0.5) is 11.5 Å². The Labute approximate surface area is 174 Å². The van der Waals surface area contributed by atoms with E-state index in [0.717, 1.165) is 55.8 Å². The summed E-state index contributed by atoms with van der Waals surface area (Å²) < 4.78 is 0. The van der Waals surface area contributed by atoms with Crippen molar-refractivity contribution in [3.8, 4) is 0 Å². The summed E-state index contributed by atoms with van der Waals surface area (Å²) in [5.74, 6) is 1.10. The van der Waals surface area contributed by atoms with Crippen LogP contribution in [0.2, 0.25) is 5.15 Å². The molecular formula is C21H24ClN5O2. The molecule has 1 aromatic carbocycles. The molecule has 0 atom stereocenters. The van der Waals surface area contributed by atoms with Crippen molar-refractivity contribution in [2.45, 2.75) is 32.2 Å². The highest BCUT2D eigenvalue weighted by Gasteiger charge is 2.29. The van der Waals surface area contributed by atoms with E-state index in [1.807, 2.05) is 30.3 Å². The number of nitrogens with one attached hydrogen (secondary N) is 2. The average Bonchev–Trinajstić information content (AvgIpc) is 3.59. The number of nitrogens with zero attached hydrogens (tertiary/aromatic N) is 3. The maximum absolute atomic E-state index is 12.6. The van der Waals surface area contributed by atoms with E-state index in [4.69, 9.17) is 11.6 Å². The molecule has 1 saturated heterocycles. The Kier molecular flexibility index (Phi) is 5.94. The third-order valence-corrected chi connectivity index (χ3v) is 5.62. The molecule has 2 aromatic rings. The topological polar surface area (TPSA) is 87.2 Å². The first-order chi connectivity index (χ1) is 14.1. The van der Waals surface area contributed by atoms with Crippen LogP contribution in [-0.2, 0) is 16.1 Å². The number of halogens is 1. The highest BCUT2D eigenvalue weighted by atomic mass is 35.5. The molecule has 2 amide bonds. The molecule has 7 nitrogen and oxygen atoms in total. The van der Waals surface area contributed by atoms with E-state index in [1.165, 1.54) is 0 Å². The van der Waals surface area contributed by atoms with Crippen molar-refractivity contribution in [3.63, 3.8) is 0 Å². The molecule has 4 rings (SSSR count). The molecule has 29 heavy (non-hydrogen) atoms. The van der Waals surface area contributed by atoms with Crippen LogP contribution in [-0.4, -0.2) is 35.1 Å². The lowest BCUT2D eigenvalue weighted by molar-refractivity contribution is -0.125. The summed E-state index contributed by atoms with van der Waals surface area (Å²) in [6.07, 6.45) is 3.50. The monoisotopic (exact) mass is 413 g/mol. The summed E-state index contributed by atoms with van der Waals surface area (Å²) >= 11 is 5.79. The molecule has 1 aliphatic carbocycles. The molecule has 2 N–H and O–H groups in total. The first-order valence-electron chi connectivity index (χ1n) is 10.0. The Morgan fingerprint density at radius 1 is 1.00 bits per heavy atom. The maximum Gasteiger partial charge on any atom is 0.227 e. The summed E-state index contributed by atoms with van der Waals surface area (Å²) in [4.78, 5) is 26.6. The second-order valence-corrected chi connectivity index (χ2v) is 8.04. The van der Waals surface area contributed by atoms with Crippen LogP contribution < -0.4 is 15.5 Å². The minimum Gasteiger partial charge on any atom is -0.355 e. The number of carbonyl (C=O) groups is 2. The quantitative estimate of drug-likeness (QED) is 0.760. The lowest BCUT2D eigenvalue weighted by atomic mass is 9.96. The van der Waals surface area contributed by atoms with Crippen LogP contribution in [0.1, 0.15) is 31.2 Å². The van der Waals surface area contributed by atoms with Crippen LogP contribution in [0.3, 0.4) is 0 Å². The van der Waals surface area contributed by atoms with Crippen molar-refractivity contribution in [1.29, 1.82) is 0 Å². The number of anilines is 2. The molecule has 0 radical (unpaired) electrons. The van der Waals surface area contributed by atoms with E-state index >= 15 is 0 Å². The van der Waals surface area contributed by atoms with Gasteiger partial charge in [0.15, 0.2) is 11.0 Å². The van der Waals surface area contributed by atoms with E-state index in [-0.39, 0.29) is 23.7 Å². The van der Waals surface area contributed by atoms with Crippen molar-refractivity contribution in [2.24, 2.45) is 11.8 Å². The normalized spacial score (nSPS) is 17.1. The molecule has 8 heteroatoms. The number of hydrogen-bond donors (Lipinski definition) is 2. The molecule has 1 saturated carbocycles. The maximum atomic E-state index is 12.6. The first-order valence-corrected chi connectivity index (χ1v) is 10.4. The van der Waals surface area contributed by atoms with Gasteiger partial charge in [-0.15, -0.1) is 10.2 Å². The molecular weight excluding hydrogens is 390 g/mol. The van der Waals surface area contributed by atoms with Gasteiger partial charge in [-0.2, -0.15) is 0 Å². The van der Waals surface area contributed by atoms with E-state index in [2.05, 4.69) is 25.7 Å². The van der Waals surface area contributed by atoms with Crippen LogP contribution in [0.5, 0.6) is 0 Å². The molecule has 1 aliphatic heterocycles. The zero-order valence-corrected chi connectivity index (χ0v) is 16.9. The summed E-state index contributed by atoms with van der Waals surface area (Å²) in [5.41, 5.74) is 1.76. The van der Waals surface area contributed by atoms with Gasteiger partial charge in [0.25, 0.3) is 0 Å². The third-order valence-electron chi connectivity index (χ3n) is 5.42. The first kappa shape index (κ1) is 19.6. The van der Waals surface area contributed by atoms with Crippen LogP contribution >= 0.6 is 11.6 Å². The highest BCUT2D eigenvalue weighted by Crippen LogP contribution is 2.30. The minimum absolute atomic E-state index is 0.00994. The number of amides is 2. The second kappa shape index (κ2) is 8.78. The predicted molar refractivity (Wildman–Crippen MR) is 112 cm³/mol. The highest BCUT2D eigenvalue weighted by molar-refractivity contribution is 6.29. The zero-order valence-electron chi connectivity index (χ0n) is 16.1. The predicted octanol–water partition coefficient (Wildman–Crippen LogP) is 3.01. The van der Waals surface area contributed by atoms with Gasteiger partial charge in [0.05, 0.1) is 0 Å². The molecule has 2 aliphatic rings. The smallest absolute Gasteiger partial charge is 0.227 e. The SMILES string of the molecule is O=C(NCc1cccc(NC(=O)C2CC2)c1)C1CCN(c2ccc(Cl)nn2)CC1. The molecule has 1 aromatic heterocycles. The van der Waals surface area contributed by atoms with Gasteiger partial charge < -0.3 is 15.5 Å². The van der Waals surface area contributed by atoms with Crippen molar-refractivity contribution < 1.29 is 9.59 Å². The van der Waals surface area contributed by atoms with Gasteiger partial charge >= 0.3 is 0 Å². The van der Waals surface area contributed by atoms with Gasteiger partial charge in [0, 0.05) is 37.2 Å². The Morgan fingerprint density at radius 2 is 1.76 bits per heavy atom. The molecule has 2 heterocycles. The van der Waals surface area contributed by atoms with E-state index < -0.39 is 0 Å². The van der Waals surface area contributed by atoms with Crippen molar-refractivity contribution in [1.82, 2.24) is 15.5 Å². The summed E-state index contributed by atoms with van der Waals surface area (Å²) in [6.45, 7) is 1.98. The molecule has 0 spiro atoms. The van der Waals surface area contributed by atoms with Gasteiger partial charge in [-0.3, -0.25) is 9.59 Å². The van der Waals surface area contributed by atoms with Crippen LogP contribution in [0.25, 0.3) is 0 Å². The minimum atomic E-state index is -0.00994. The standard InChI is InChI=1S/C21H24ClN5O2/c22-18-6-7-19(26-25-18)27-10-8-16(9-11-27)20(28)23-13-14-2-1-3-17(12-14)24-21(29)15-4-5-15/h1-3,6-7,12,15-16H,4-5,8-11,13H2,(H,23,28)(H,24,29).